The lowest BCUT2D eigenvalue weighted by atomic mass is 9.91. The monoisotopic (exact) mass is 281 g/mol. The predicted molar refractivity (Wildman–Crippen MR) is 88.0 cm³/mol. The topological polar surface area (TPSA) is 12.5 Å². The molecule has 0 bridgehead atoms. The van der Waals surface area contributed by atoms with Crippen LogP contribution >= 0.6 is 0 Å². The highest BCUT2D eigenvalue weighted by Gasteiger charge is 2.48. The number of hydrogen-bond acceptors (Lipinski definition) is 2. The van der Waals surface area contributed by atoms with Crippen molar-refractivity contribution in [3.63, 3.8) is 0 Å². The van der Waals surface area contributed by atoms with Gasteiger partial charge in [0.1, 0.15) is 5.75 Å². The maximum Gasteiger partial charge on any atom is 0.120 e. The smallest absolute Gasteiger partial charge is 0.120 e. The molecule has 2 aromatic rings. The van der Waals surface area contributed by atoms with Crippen molar-refractivity contribution < 1.29 is 4.74 Å². The Bertz CT molecular complexity index is 638. The minimum Gasteiger partial charge on any atom is -0.497 e. The van der Waals surface area contributed by atoms with Gasteiger partial charge in [-0.1, -0.05) is 30.3 Å². The molecule has 2 heteroatoms. The molecule has 2 aromatic carbocycles. The zero-order valence-electron chi connectivity index (χ0n) is 13.5. The summed E-state index contributed by atoms with van der Waals surface area (Å²) >= 11 is 0. The average Bonchev–Trinajstić information content (AvgIpc) is 2.63. The predicted octanol–water partition coefficient (Wildman–Crippen LogP) is 4.69. The van der Waals surface area contributed by atoms with Crippen LogP contribution in [0.15, 0.2) is 48.5 Å². The summed E-state index contributed by atoms with van der Waals surface area (Å²) < 4.78 is 5.40. The highest BCUT2D eigenvalue weighted by Crippen LogP contribution is 2.51. The van der Waals surface area contributed by atoms with Gasteiger partial charge in [0, 0.05) is 11.8 Å². The Balaban J connectivity index is 2.19. The van der Waals surface area contributed by atoms with Crippen LogP contribution in [0.3, 0.4) is 0 Å². The zero-order chi connectivity index (χ0) is 15.3. The summed E-state index contributed by atoms with van der Waals surface area (Å²) in [6, 6.07) is 17.1. The third-order valence-corrected chi connectivity index (χ3v) is 4.67. The van der Waals surface area contributed by atoms with Crippen molar-refractivity contribution in [1.29, 1.82) is 0 Å². The molecule has 0 unspecified atom stereocenters. The molecular weight excluding hydrogens is 258 g/mol. The van der Waals surface area contributed by atoms with Gasteiger partial charge in [-0.15, -0.1) is 0 Å². The molecule has 0 atom stereocenters. The second-order valence-electron chi connectivity index (χ2n) is 6.70. The lowest BCUT2D eigenvalue weighted by molar-refractivity contribution is 0.397. The number of benzene rings is 2. The van der Waals surface area contributed by atoms with E-state index in [0.717, 1.165) is 5.75 Å². The standard InChI is InChI=1S/C19H23NO/c1-18(2)16-11-6-7-12-17(16)19(3,4)20(18)14-9-8-10-15(13-14)21-5/h6-13H,1-5H3. The first-order valence-corrected chi connectivity index (χ1v) is 7.43. The molecule has 2 nitrogen and oxygen atoms in total. The van der Waals surface area contributed by atoms with Crippen molar-refractivity contribution in [3.05, 3.63) is 59.7 Å². The number of rotatable bonds is 2. The van der Waals surface area contributed by atoms with Crippen LogP contribution in [0.25, 0.3) is 0 Å². The molecule has 0 radical (unpaired) electrons. The summed E-state index contributed by atoms with van der Waals surface area (Å²) in [6.07, 6.45) is 0. The van der Waals surface area contributed by atoms with Gasteiger partial charge >= 0.3 is 0 Å². The minimum absolute atomic E-state index is 0.0491. The molecule has 0 spiro atoms. The highest BCUT2D eigenvalue weighted by molar-refractivity contribution is 5.63. The van der Waals surface area contributed by atoms with E-state index in [9.17, 15) is 0 Å². The van der Waals surface area contributed by atoms with Crippen molar-refractivity contribution in [2.45, 2.75) is 38.8 Å². The van der Waals surface area contributed by atoms with Crippen LogP contribution < -0.4 is 9.64 Å². The normalized spacial score (nSPS) is 18.4. The Morgan fingerprint density at radius 1 is 0.810 bits per heavy atom. The molecule has 3 rings (SSSR count). The molecule has 1 aliphatic rings. The van der Waals surface area contributed by atoms with Gasteiger partial charge in [-0.2, -0.15) is 0 Å². The van der Waals surface area contributed by atoms with Crippen LogP contribution in [0.4, 0.5) is 5.69 Å². The number of anilines is 1. The Kier molecular flexibility index (Phi) is 3.01. The lowest BCUT2D eigenvalue weighted by Gasteiger charge is -2.43. The third-order valence-electron chi connectivity index (χ3n) is 4.67. The fourth-order valence-corrected chi connectivity index (χ4v) is 3.88. The summed E-state index contributed by atoms with van der Waals surface area (Å²) in [7, 11) is 1.72. The largest absolute Gasteiger partial charge is 0.497 e. The van der Waals surface area contributed by atoms with E-state index in [-0.39, 0.29) is 11.1 Å². The number of fused-ring (bicyclic) bond motifs is 1. The third kappa shape index (κ3) is 1.93. The van der Waals surface area contributed by atoms with E-state index in [1.54, 1.807) is 7.11 Å². The number of nitrogens with zero attached hydrogens (tertiary/aromatic N) is 1. The molecule has 1 aliphatic heterocycles. The van der Waals surface area contributed by atoms with Crippen molar-refractivity contribution in [1.82, 2.24) is 0 Å². The van der Waals surface area contributed by atoms with E-state index in [2.05, 4.69) is 75.1 Å². The Hall–Kier alpha value is -1.96. The SMILES string of the molecule is COc1cccc(N2C(C)(C)c3ccccc3C2(C)C)c1. The summed E-state index contributed by atoms with van der Waals surface area (Å²) in [5, 5.41) is 0. The van der Waals surface area contributed by atoms with E-state index in [1.807, 2.05) is 6.07 Å². The van der Waals surface area contributed by atoms with Crippen molar-refractivity contribution >= 4 is 5.69 Å². The van der Waals surface area contributed by atoms with Gasteiger partial charge in [-0.05, 0) is 51.0 Å². The Morgan fingerprint density at radius 3 is 1.90 bits per heavy atom. The average molecular weight is 281 g/mol. The fraction of sp³-hybridized carbons (Fsp3) is 0.368. The van der Waals surface area contributed by atoms with Crippen LogP contribution in [0.1, 0.15) is 38.8 Å². The summed E-state index contributed by atoms with van der Waals surface area (Å²) in [4.78, 5) is 2.49. The summed E-state index contributed by atoms with van der Waals surface area (Å²) in [5.41, 5.74) is 3.90. The Labute approximate surface area is 127 Å². The van der Waals surface area contributed by atoms with Gasteiger partial charge in [0.2, 0.25) is 0 Å². The molecule has 110 valence electrons. The van der Waals surface area contributed by atoms with Crippen molar-refractivity contribution in [2.75, 3.05) is 12.0 Å². The first kappa shape index (κ1) is 14.0. The quantitative estimate of drug-likeness (QED) is 0.792. The van der Waals surface area contributed by atoms with E-state index in [4.69, 9.17) is 4.74 Å². The van der Waals surface area contributed by atoms with Crippen molar-refractivity contribution in [2.24, 2.45) is 0 Å². The molecule has 0 saturated heterocycles. The number of hydrogen-bond donors (Lipinski definition) is 0. The van der Waals surface area contributed by atoms with Gasteiger partial charge in [0.05, 0.1) is 18.2 Å². The summed E-state index contributed by atoms with van der Waals surface area (Å²) in [6.45, 7) is 9.17. The van der Waals surface area contributed by atoms with Gasteiger partial charge in [-0.3, -0.25) is 0 Å². The zero-order valence-corrected chi connectivity index (χ0v) is 13.5. The van der Waals surface area contributed by atoms with E-state index < -0.39 is 0 Å². The summed E-state index contributed by atoms with van der Waals surface area (Å²) in [5.74, 6) is 0.898. The second kappa shape index (κ2) is 4.52. The van der Waals surface area contributed by atoms with Crippen LogP contribution in [-0.4, -0.2) is 7.11 Å². The van der Waals surface area contributed by atoms with Crippen LogP contribution in [-0.2, 0) is 11.1 Å². The van der Waals surface area contributed by atoms with Crippen LogP contribution in [0.5, 0.6) is 5.75 Å². The molecular formula is C19H23NO. The highest BCUT2D eigenvalue weighted by atomic mass is 16.5. The molecule has 0 aliphatic carbocycles. The number of methoxy groups -OCH3 is 1. The first-order chi connectivity index (χ1) is 9.89. The van der Waals surface area contributed by atoms with Gasteiger partial charge < -0.3 is 9.64 Å². The van der Waals surface area contributed by atoms with Gasteiger partial charge in [-0.25, -0.2) is 0 Å². The van der Waals surface area contributed by atoms with Crippen LogP contribution in [0.2, 0.25) is 0 Å². The first-order valence-electron chi connectivity index (χ1n) is 7.43. The van der Waals surface area contributed by atoms with Gasteiger partial charge in [0.15, 0.2) is 0 Å². The maximum absolute atomic E-state index is 5.40. The fourth-order valence-electron chi connectivity index (χ4n) is 3.88. The minimum atomic E-state index is -0.0491. The molecule has 0 fully saturated rings. The Morgan fingerprint density at radius 2 is 1.38 bits per heavy atom. The van der Waals surface area contributed by atoms with Gasteiger partial charge in [0.25, 0.3) is 0 Å². The molecule has 0 saturated carbocycles. The van der Waals surface area contributed by atoms with Crippen molar-refractivity contribution in [3.8, 4) is 5.75 Å². The molecule has 21 heavy (non-hydrogen) atoms. The number of ether oxygens (including phenoxy) is 1. The van der Waals surface area contributed by atoms with E-state index in [1.165, 1.54) is 16.8 Å². The molecule has 0 amide bonds. The maximum atomic E-state index is 5.40. The van der Waals surface area contributed by atoms with E-state index >= 15 is 0 Å². The lowest BCUT2D eigenvalue weighted by Crippen LogP contribution is -2.45. The molecule has 0 aromatic heterocycles. The molecule has 1 heterocycles. The second-order valence-corrected chi connectivity index (χ2v) is 6.70. The van der Waals surface area contributed by atoms with Crippen LogP contribution in [0, 0.1) is 0 Å². The van der Waals surface area contributed by atoms with E-state index in [0.29, 0.717) is 0 Å². The molecule has 0 N–H and O–H groups in total.